The summed E-state index contributed by atoms with van der Waals surface area (Å²) in [5.74, 6) is -6.85. The molecule has 0 atom stereocenters. The van der Waals surface area contributed by atoms with E-state index in [1.807, 2.05) is 0 Å². The molecule has 12 heavy (non-hydrogen) atoms. The van der Waals surface area contributed by atoms with E-state index in [1.54, 1.807) is 0 Å². The zero-order valence-electron chi connectivity index (χ0n) is 5.74. The highest BCUT2D eigenvalue weighted by Crippen LogP contribution is 2.18. The van der Waals surface area contributed by atoms with E-state index in [0.717, 1.165) is 0 Å². The molecule has 1 N–H and O–H groups in total. The second-order valence-corrected chi connectivity index (χ2v) is 2.12. The van der Waals surface area contributed by atoms with Crippen LogP contribution in [0, 0.1) is 23.3 Å². The van der Waals surface area contributed by atoms with Gasteiger partial charge in [0.15, 0.2) is 23.3 Å². The minimum Gasteiger partial charge on any atom is -0.392 e. The monoisotopic (exact) mass is 180 g/mol. The summed E-state index contributed by atoms with van der Waals surface area (Å²) in [4.78, 5) is 0. The summed E-state index contributed by atoms with van der Waals surface area (Å²) >= 11 is 0. The van der Waals surface area contributed by atoms with Crippen LogP contribution < -0.4 is 0 Å². The van der Waals surface area contributed by atoms with Crippen LogP contribution in [0.15, 0.2) is 6.07 Å². The number of hydrogen-bond donors (Lipinski definition) is 1. The van der Waals surface area contributed by atoms with Gasteiger partial charge in [0.2, 0.25) is 0 Å². The molecule has 1 nitrogen and oxygen atoms in total. The van der Waals surface area contributed by atoms with E-state index in [9.17, 15) is 17.6 Å². The van der Waals surface area contributed by atoms with Crippen molar-refractivity contribution in [1.29, 1.82) is 0 Å². The molecular formula is C7H4F4O. The molecule has 0 saturated carbocycles. The molecule has 0 saturated heterocycles. The molecule has 0 spiro atoms. The van der Waals surface area contributed by atoms with Crippen LogP contribution in [0.25, 0.3) is 0 Å². The summed E-state index contributed by atoms with van der Waals surface area (Å²) in [6.45, 7) is -0.875. The molecule has 0 aliphatic heterocycles. The number of hydrogen-bond acceptors (Lipinski definition) is 1. The summed E-state index contributed by atoms with van der Waals surface area (Å²) < 4.78 is 49.4. The smallest absolute Gasteiger partial charge is 0.197 e. The van der Waals surface area contributed by atoms with Crippen LogP contribution in [0.4, 0.5) is 17.6 Å². The number of halogens is 4. The van der Waals surface area contributed by atoms with Gasteiger partial charge in [-0.3, -0.25) is 0 Å². The van der Waals surface area contributed by atoms with Gasteiger partial charge in [0.1, 0.15) is 0 Å². The largest absolute Gasteiger partial charge is 0.392 e. The van der Waals surface area contributed by atoms with E-state index in [1.165, 1.54) is 0 Å². The van der Waals surface area contributed by atoms with Crippen LogP contribution in [0.1, 0.15) is 5.56 Å². The van der Waals surface area contributed by atoms with Crippen molar-refractivity contribution in [2.75, 3.05) is 0 Å². The van der Waals surface area contributed by atoms with Crippen molar-refractivity contribution in [3.05, 3.63) is 34.9 Å². The first-order chi connectivity index (χ1) is 5.57. The number of benzene rings is 1. The van der Waals surface area contributed by atoms with E-state index in [4.69, 9.17) is 5.11 Å². The molecular weight excluding hydrogens is 176 g/mol. The molecule has 0 aliphatic carbocycles. The normalized spacial score (nSPS) is 10.4. The molecule has 1 aromatic carbocycles. The molecule has 1 aromatic rings. The molecule has 5 heteroatoms. The quantitative estimate of drug-likeness (QED) is 0.396. The molecule has 0 aliphatic rings. The summed E-state index contributed by atoms with van der Waals surface area (Å²) in [6, 6.07) is 0.410. The summed E-state index contributed by atoms with van der Waals surface area (Å²) in [5.41, 5.74) is -0.605. The Morgan fingerprint density at radius 3 is 2.08 bits per heavy atom. The summed E-state index contributed by atoms with van der Waals surface area (Å²) in [5, 5.41) is 8.36. The van der Waals surface area contributed by atoms with Gasteiger partial charge in [0, 0.05) is 5.56 Å². The van der Waals surface area contributed by atoms with Crippen LogP contribution in [0.5, 0.6) is 0 Å². The second-order valence-electron chi connectivity index (χ2n) is 2.12. The molecule has 0 heterocycles. The van der Waals surface area contributed by atoms with Gasteiger partial charge < -0.3 is 5.11 Å². The average Bonchev–Trinajstić information content (AvgIpc) is 2.08. The third-order valence-corrected chi connectivity index (χ3v) is 1.35. The Hall–Kier alpha value is -1.10. The van der Waals surface area contributed by atoms with Crippen molar-refractivity contribution in [1.82, 2.24) is 0 Å². The van der Waals surface area contributed by atoms with Gasteiger partial charge in [-0.1, -0.05) is 0 Å². The minimum atomic E-state index is -1.90. The summed E-state index contributed by atoms with van der Waals surface area (Å²) in [7, 11) is 0. The van der Waals surface area contributed by atoms with Gasteiger partial charge in [-0.05, 0) is 6.07 Å². The third-order valence-electron chi connectivity index (χ3n) is 1.35. The predicted octanol–water partition coefficient (Wildman–Crippen LogP) is 1.74. The number of aliphatic hydroxyl groups excluding tert-OH is 1. The Kier molecular flexibility index (Phi) is 2.32. The van der Waals surface area contributed by atoms with Crippen molar-refractivity contribution in [2.45, 2.75) is 6.61 Å². The Morgan fingerprint density at radius 1 is 1.00 bits per heavy atom. The molecule has 0 amide bonds. The van der Waals surface area contributed by atoms with Crippen molar-refractivity contribution in [3.8, 4) is 0 Å². The zero-order valence-corrected chi connectivity index (χ0v) is 5.74. The molecule has 0 bridgehead atoms. The van der Waals surface area contributed by atoms with Gasteiger partial charge >= 0.3 is 0 Å². The van der Waals surface area contributed by atoms with Crippen LogP contribution >= 0.6 is 0 Å². The average molecular weight is 180 g/mol. The first kappa shape index (κ1) is 8.99. The topological polar surface area (TPSA) is 20.2 Å². The fraction of sp³-hybridized carbons (Fsp3) is 0.143. The number of aliphatic hydroxyl groups is 1. The maximum absolute atomic E-state index is 12.5. The first-order valence-electron chi connectivity index (χ1n) is 3.00. The second kappa shape index (κ2) is 3.10. The maximum atomic E-state index is 12.5. The lowest BCUT2D eigenvalue weighted by Crippen LogP contribution is -2.00. The molecule has 0 radical (unpaired) electrons. The summed E-state index contributed by atoms with van der Waals surface area (Å²) in [6.07, 6.45) is 0. The minimum absolute atomic E-state index is 0.410. The van der Waals surface area contributed by atoms with Crippen LogP contribution in [-0.2, 0) is 6.61 Å². The van der Waals surface area contributed by atoms with Crippen molar-refractivity contribution in [3.63, 3.8) is 0 Å². The lowest BCUT2D eigenvalue weighted by atomic mass is 10.2. The van der Waals surface area contributed by atoms with E-state index < -0.39 is 35.4 Å². The fourth-order valence-corrected chi connectivity index (χ4v) is 0.737. The Labute approximate surface area is 65.3 Å². The number of rotatable bonds is 1. The van der Waals surface area contributed by atoms with Gasteiger partial charge in [-0.25, -0.2) is 17.6 Å². The van der Waals surface area contributed by atoms with Crippen LogP contribution in [0.3, 0.4) is 0 Å². The van der Waals surface area contributed by atoms with E-state index in [-0.39, 0.29) is 0 Å². The molecule has 0 unspecified atom stereocenters. The molecule has 0 aromatic heterocycles. The van der Waals surface area contributed by atoms with E-state index in [0.29, 0.717) is 6.07 Å². The Morgan fingerprint density at radius 2 is 1.58 bits per heavy atom. The predicted molar refractivity (Wildman–Crippen MR) is 32.2 cm³/mol. The SMILES string of the molecule is OCc1cc(F)c(F)c(F)c1F. The standard InChI is InChI=1S/C7H4F4O/c8-4-1-3(2-12)5(9)7(11)6(4)10/h1,12H,2H2. The van der Waals surface area contributed by atoms with E-state index >= 15 is 0 Å². The van der Waals surface area contributed by atoms with Gasteiger partial charge in [-0.2, -0.15) is 0 Å². The zero-order chi connectivity index (χ0) is 9.30. The van der Waals surface area contributed by atoms with Crippen molar-refractivity contribution in [2.24, 2.45) is 0 Å². The van der Waals surface area contributed by atoms with Crippen molar-refractivity contribution >= 4 is 0 Å². The molecule has 1 rings (SSSR count). The Bertz CT molecular complexity index is 311. The highest BCUT2D eigenvalue weighted by molar-refractivity contribution is 5.20. The molecule has 0 fully saturated rings. The van der Waals surface area contributed by atoms with Crippen LogP contribution in [-0.4, -0.2) is 5.11 Å². The van der Waals surface area contributed by atoms with Gasteiger partial charge in [-0.15, -0.1) is 0 Å². The highest BCUT2D eigenvalue weighted by Gasteiger charge is 2.17. The Balaban J connectivity index is 3.39. The van der Waals surface area contributed by atoms with Crippen LogP contribution in [0.2, 0.25) is 0 Å². The van der Waals surface area contributed by atoms with Crippen molar-refractivity contribution < 1.29 is 22.7 Å². The van der Waals surface area contributed by atoms with E-state index in [2.05, 4.69) is 0 Å². The molecule has 66 valence electrons. The lowest BCUT2D eigenvalue weighted by Gasteiger charge is -2.01. The fourth-order valence-electron chi connectivity index (χ4n) is 0.737. The third kappa shape index (κ3) is 1.27. The maximum Gasteiger partial charge on any atom is 0.197 e. The van der Waals surface area contributed by atoms with Gasteiger partial charge in [0.25, 0.3) is 0 Å². The first-order valence-corrected chi connectivity index (χ1v) is 3.00. The lowest BCUT2D eigenvalue weighted by molar-refractivity contribution is 0.270. The van der Waals surface area contributed by atoms with Gasteiger partial charge in [0.05, 0.1) is 6.61 Å². The highest BCUT2D eigenvalue weighted by atomic mass is 19.2.